The summed E-state index contributed by atoms with van der Waals surface area (Å²) in [6.07, 6.45) is 9.98. The van der Waals surface area contributed by atoms with Gasteiger partial charge in [-0.05, 0) is 62.1 Å². The first-order valence-corrected chi connectivity index (χ1v) is 10.9. The molecule has 1 fully saturated rings. The summed E-state index contributed by atoms with van der Waals surface area (Å²) in [4.78, 5) is 15.9. The predicted molar refractivity (Wildman–Crippen MR) is 113 cm³/mol. The Kier molecular flexibility index (Phi) is 4.64. The number of aromatic amines is 1. The van der Waals surface area contributed by atoms with Crippen molar-refractivity contribution in [3.8, 4) is 0 Å². The lowest BCUT2D eigenvalue weighted by molar-refractivity contribution is 0.0645. The second-order valence-electron chi connectivity index (χ2n) is 9.00. The molecule has 0 bridgehead atoms. The number of carbonyl (C=O) groups is 1. The van der Waals surface area contributed by atoms with Crippen LogP contribution in [-0.4, -0.2) is 42.9 Å². The van der Waals surface area contributed by atoms with Crippen molar-refractivity contribution in [3.63, 3.8) is 0 Å². The van der Waals surface area contributed by atoms with Gasteiger partial charge in [0, 0.05) is 29.7 Å². The molecule has 0 radical (unpaired) electrons. The standard InChI is InChI=1S/C23H29N5O/c1-15(2)10-11-27-22-5-3-4-19(20(22)14-25-27)23(29)28(17-6-7-17)18-8-9-21-16(12-18)13-24-26-21/h3-5,13-15,17-18H,6-12H2,1-2H3,(H,24,26). The molecule has 1 unspecified atom stereocenters. The number of amides is 1. The van der Waals surface area contributed by atoms with E-state index in [1.165, 1.54) is 11.3 Å². The molecular weight excluding hydrogens is 362 g/mol. The van der Waals surface area contributed by atoms with Gasteiger partial charge in [0.15, 0.2) is 0 Å². The number of hydrogen-bond donors (Lipinski definition) is 1. The van der Waals surface area contributed by atoms with E-state index in [1.807, 2.05) is 29.2 Å². The van der Waals surface area contributed by atoms with Crippen molar-refractivity contribution in [2.75, 3.05) is 0 Å². The van der Waals surface area contributed by atoms with E-state index in [9.17, 15) is 4.79 Å². The average Bonchev–Trinajstić information content (AvgIpc) is 3.27. The topological polar surface area (TPSA) is 66.8 Å². The summed E-state index contributed by atoms with van der Waals surface area (Å²) in [5.41, 5.74) is 4.36. The zero-order valence-electron chi connectivity index (χ0n) is 17.3. The molecule has 6 nitrogen and oxygen atoms in total. The molecule has 2 aromatic heterocycles. The second kappa shape index (κ2) is 7.32. The van der Waals surface area contributed by atoms with Gasteiger partial charge in [-0.3, -0.25) is 14.6 Å². The molecule has 1 aromatic carbocycles. The number of fused-ring (bicyclic) bond motifs is 2. The molecule has 29 heavy (non-hydrogen) atoms. The maximum Gasteiger partial charge on any atom is 0.255 e. The van der Waals surface area contributed by atoms with Gasteiger partial charge >= 0.3 is 0 Å². The molecule has 0 aliphatic heterocycles. The summed E-state index contributed by atoms with van der Waals surface area (Å²) >= 11 is 0. The van der Waals surface area contributed by atoms with Crippen molar-refractivity contribution < 1.29 is 4.79 Å². The van der Waals surface area contributed by atoms with Crippen LogP contribution in [0.2, 0.25) is 0 Å². The summed E-state index contributed by atoms with van der Waals surface area (Å²) in [6.45, 7) is 5.34. The third kappa shape index (κ3) is 3.45. The molecule has 2 aliphatic rings. The van der Waals surface area contributed by atoms with Gasteiger partial charge in [0.25, 0.3) is 5.91 Å². The Morgan fingerprint density at radius 2 is 2.10 bits per heavy atom. The van der Waals surface area contributed by atoms with Crippen molar-refractivity contribution in [2.45, 2.75) is 71.0 Å². The minimum absolute atomic E-state index is 0.165. The highest BCUT2D eigenvalue weighted by molar-refractivity contribution is 6.06. The van der Waals surface area contributed by atoms with Crippen molar-refractivity contribution in [1.82, 2.24) is 24.9 Å². The summed E-state index contributed by atoms with van der Waals surface area (Å²) in [5, 5.41) is 12.9. The van der Waals surface area contributed by atoms with E-state index in [2.05, 4.69) is 40.1 Å². The smallest absolute Gasteiger partial charge is 0.255 e. The zero-order chi connectivity index (χ0) is 20.0. The molecule has 1 N–H and O–H groups in total. The van der Waals surface area contributed by atoms with Crippen LogP contribution in [0, 0.1) is 5.92 Å². The minimum Gasteiger partial charge on any atom is -0.332 e. The van der Waals surface area contributed by atoms with Crippen LogP contribution in [0.15, 0.2) is 30.6 Å². The summed E-state index contributed by atoms with van der Waals surface area (Å²) in [7, 11) is 0. The molecule has 0 saturated heterocycles. The van der Waals surface area contributed by atoms with Crippen LogP contribution < -0.4 is 0 Å². The first-order valence-electron chi connectivity index (χ1n) is 10.9. The van der Waals surface area contributed by atoms with Gasteiger partial charge in [-0.25, -0.2) is 0 Å². The quantitative estimate of drug-likeness (QED) is 0.691. The highest BCUT2D eigenvalue weighted by Crippen LogP contribution is 2.35. The Morgan fingerprint density at radius 3 is 2.90 bits per heavy atom. The molecule has 6 heteroatoms. The lowest BCUT2D eigenvalue weighted by Gasteiger charge is -2.34. The lowest BCUT2D eigenvalue weighted by Crippen LogP contribution is -2.44. The fourth-order valence-electron chi connectivity index (χ4n) is 4.60. The van der Waals surface area contributed by atoms with Crippen molar-refractivity contribution in [2.24, 2.45) is 5.92 Å². The van der Waals surface area contributed by atoms with Crippen LogP contribution in [0.3, 0.4) is 0 Å². The Morgan fingerprint density at radius 1 is 1.24 bits per heavy atom. The van der Waals surface area contributed by atoms with E-state index in [-0.39, 0.29) is 11.9 Å². The van der Waals surface area contributed by atoms with Crippen molar-refractivity contribution in [3.05, 3.63) is 47.4 Å². The van der Waals surface area contributed by atoms with Gasteiger partial charge < -0.3 is 4.90 Å². The summed E-state index contributed by atoms with van der Waals surface area (Å²) in [6, 6.07) is 6.70. The number of aromatic nitrogens is 4. The van der Waals surface area contributed by atoms with Crippen LogP contribution in [-0.2, 0) is 19.4 Å². The zero-order valence-corrected chi connectivity index (χ0v) is 17.3. The maximum atomic E-state index is 13.7. The van der Waals surface area contributed by atoms with E-state index in [1.54, 1.807) is 0 Å². The van der Waals surface area contributed by atoms with Gasteiger partial charge in [-0.1, -0.05) is 19.9 Å². The molecule has 5 rings (SSSR count). The minimum atomic E-state index is 0.165. The van der Waals surface area contributed by atoms with Crippen LogP contribution in [0.4, 0.5) is 0 Å². The first kappa shape index (κ1) is 18.4. The first-order chi connectivity index (χ1) is 14.1. The van der Waals surface area contributed by atoms with E-state index in [0.29, 0.717) is 12.0 Å². The Balaban J connectivity index is 1.45. The molecule has 1 amide bonds. The van der Waals surface area contributed by atoms with E-state index in [4.69, 9.17) is 0 Å². The number of nitrogens with zero attached hydrogens (tertiary/aromatic N) is 4. The fourth-order valence-corrected chi connectivity index (χ4v) is 4.60. The molecule has 3 aromatic rings. The van der Waals surface area contributed by atoms with Crippen LogP contribution in [0.1, 0.15) is 61.1 Å². The predicted octanol–water partition coefficient (Wildman–Crippen LogP) is 3.97. The molecule has 1 atom stereocenters. The third-order valence-corrected chi connectivity index (χ3v) is 6.39. The second-order valence-corrected chi connectivity index (χ2v) is 9.00. The molecule has 1 saturated carbocycles. The highest BCUT2D eigenvalue weighted by Gasteiger charge is 2.39. The molecule has 2 aliphatic carbocycles. The van der Waals surface area contributed by atoms with E-state index < -0.39 is 0 Å². The third-order valence-electron chi connectivity index (χ3n) is 6.39. The largest absolute Gasteiger partial charge is 0.332 e. The summed E-state index contributed by atoms with van der Waals surface area (Å²) < 4.78 is 2.05. The number of rotatable bonds is 6. The highest BCUT2D eigenvalue weighted by atomic mass is 16.2. The molecule has 0 spiro atoms. The fraction of sp³-hybridized carbons (Fsp3) is 0.522. The maximum absolute atomic E-state index is 13.7. The van der Waals surface area contributed by atoms with Crippen molar-refractivity contribution in [1.29, 1.82) is 0 Å². The van der Waals surface area contributed by atoms with Gasteiger partial charge in [0.05, 0.1) is 23.5 Å². The number of benzene rings is 1. The van der Waals surface area contributed by atoms with Gasteiger partial charge in [0.1, 0.15) is 0 Å². The summed E-state index contributed by atoms with van der Waals surface area (Å²) in [5.74, 6) is 0.794. The number of aryl methyl sites for hydroxylation is 2. The Labute approximate surface area is 171 Å². The monoisotopic (exact) mass is 391 g/mol. The number of nitrogens with one attached hydrogen (secondary N) is 1. The Hall–Kier alpha value is -2.63. The number of H-pyrrole nitrogens is 1. The van der Waals surface area contributed by atoms with Crippen LogP contribution in [0.5, 0.6) is 0 Å². The van der Waals surface area contributed by atoms with Gasteiger partial charge in [-0.15, -0.1) is 0 Å². The lowest BCUT2D eigenvalue weighted by atomic mass is 9.91. The number of hydrogen-bond acceptors (Lipinski definition) is 3. The molecular formula is C23H29N5O. The average molecular weight is 392 g/mol. The molecule has 152 valence electrons. The van der Waals surface area contributed by atoms with Crippen molar-refractivity contribution >= 4 is 16.8 Å². The Bertz CT molecular complexity index is 1030. The normalized spacial score (nSPS) is 18.9. The number of carbonyl (C=O) groups excluding carboxylic acids is 1. The van der Waals surface area contributed by atoms with E-state index in [0.717, 1.165) is 61.5 Å². The van der Waals surface area contributed by atoms with Gasteiger partial charge in [-0.2, -0.15) is 10.2 Å². The molecule has 2 heterocycles. The van der Waals surface area contributed by atoms with Gasteiger partial charge in [0.2, 0.25) is 0 Å². The van der Waals surface area contributed by atoms with Crippen LogP contribution >= 0.6 is 0 Å². The van der Waals surface area contributed by atoms with E-state index >= 15 is 0 Å². The van der Waals surface area contributed by atoms with Crippen LogP contribution in [0.25, 0.3) is 10.9 Å². The SMILES string of the molecule is CC(C)CCn1ncc2c(C(=O)N(C3CC3)C3CCc4[nH]ncc4C3)cccc21.